The summed E-state index contributed by atoms with van der Waals surface area (Å²) in [7, 11) is 0. The Balaban J connectivity index is 1.43. The number of likely N-dealkylation sites (tertiary alicyclic amines) is 1. The molecular weight excluding hydrogens is 414 g/mol. The van der Waals surface area contributed by atoms with E-state index in [2.05, 4.69) is 54.4 Å². The first-order valence-electron chi connectivity index (χ1n) is 11.4. The highest BCUT2D eigenvalue weighted by Crippen LogP contribution is 2.26. The summed E-state index contributed by atoms with van der Waals surface area (Å²) < 4.78 is 0. The lowest BCUT2D eigenvalue weighted by molar-refractivity contribution is -0.110. The maximum Gasteiger partial charge on any atom is 0.274 e. The summed E-state index contributed by atoms with van der Waals surface area (Å²) in [6, 6.07) is 8.49. The number of hydrogen-bond acceptors (Lipinski definition) is 7. The minimum atomic E-state index is -0.274. The number of nitrogens with two attached hydrogens (primary N) is 1. The maximum absolute atomic E-state index is 13.1. The van der Waals surface area contributed by atoms with Crippen molar-refractivity contribution in [3.63, 3.8) is 0 Å². The van der Waals surface area contributed by atoms with Gasteiger partial charge in [0, 0.05) is 36.6 Å². The molecule has 8 heteroatoms. The van der Waals surface area contributed by atoms with Gasteiger partial charge in [-0.3, -0.25) is 19.7 Å². The fraction of sp³-hybridized carbons (Fsp3) is 0.320. The molecule has 2 aromatic heterocycles. The largest absolute Gasteiger partial charge is 0.368 e. The summed E-state index contributed by atoms with van der Waals surface area (Å²) in [6.07, 6.45) is 11.1. The van der Waals surface area contributed by atoms with Crippen LogP contribution in [0.1, 0.15) is 36.0 Å². The quantitative estimate of drug-likeness (QED) is 0.630. The van der Waals surface area contributed by atoms with E-state index in [1.54, 1.807) is 0 Å². The van der Waals surface area contributed by atoms with Crippen LogP contribution in [0.15, 0.2) is 54.0 Å². The van der Waals surface area contributed by atoms with E-state index in [1.807, 2.05) is 12.4 Å². The van der Waals surface area contributed by atoms with Gasteiger partial charge in [-0.15, -0.1) is 0 Å². The summed E-state index contributed by atoms with van der Waals surface area (Å²) in [5.41, 5.74) is 11.7. The molecule has 3 N–H and O–H groups in total. The Morgan fingerprint density at radius 2 is 1.82 bits per heavy atom. The molecule has 2 aliphatic heterocycles. The van der Waals surface area contributed by atoms with Crippen molar-refractivity contribution < 1.29 is 4.79 Å². The van der Waals surface area contributed by atoms with Crippen molar-refractivity contribution in [3.8, 4) is 11.1 Å². The number of pyridine rings is 1. The van der Waals surface area contributed by atoms with Gasteiger partial charge in [-0.2, -0.15) is 0 Å². The minimum Gasteiger partial charge on any atom is -0.368 e. The first-order chi connectivity index (χ1) is 16.2. The lowest BCUT2D eigenvalue weighted by atomic mass is 9.94. The average molecular weight is 442 g/mol. The third-order valence-corrected chi connectivity index (χ3v) is 6.12. The molecular formula is C25H27N7O. The second-order valence-electron chi connectivity index (χ2n) is 8.55. The molecule has 1 amide bonds. The molecule has 0 saturated carbocycles. The van der Waals surface area contributed by atoms with Crippen molar-refractivity contribution >= 4 is 23.3 Å². The summed E-state index contributed by atoms with van der Waals surface area (Å²) in [5.74, 6) is -0.111. The van der Waals surface area contributed by atoms with E-state index in [0.29, 0.717) is 17.9 Å². The van der Waals surface area contributed by atoms with E-state index in [0.717, 1.165) is 54.7 Å². The van der Waals surface area contributed by atoms with E-state index >= 15 is 0 Å². The summed E-state index contributed by atoms with van der Waals surface area (Å²) in [4.78, 5) is 32.6. The Bertz CT molecular complexity index is 1180. The zero-order chi connectivity index (χ0) is 22.6. The highest BCUT2D eigenvalue weighted by atomic mass is 16.1. The van der Waals surface area contributed by atoms with Gasteiger partial charge in [0.05, 0.1) is 18.1 Å². The van der Waals surface area contributed by atoms with Crippen LogP contribution in [0, 0.1) is 0 Å². The molecule has 2 aliphatic rings. The van der Waals surface area contributed by atoms with Crippen LogP contribution in [0.2, 0.25) is 0 Å². The molecule has 4 heterocycles. The van der Waals surface area contributed by atoms with Gasteiger partial charge in [0.2, 0.25) is 5.95 Å². The number of nitrogen functional groups attached to an aromatic ring is 1. The third-order valence-electron chi connectivity index (χ3n) is 6.12. The number of anilines is 2. The second-order valence-corrected chi connectivity index (χ2v) is 8.55. The molecule has 0 unspecified atom stereocenters. The van der Waals surface area contributed by atoms with Crippen molar-refractivity contribution in [2.75, 3.05) is 30.7 Å². The zero-order valence-electron chi connectivity index (χ0n) is 18.5. The number of fused-ring (bicyclic) bond motifs is 1. The van der Waals surface area contributed by atoms with Crippen molar-refractivity contribution in [2.24, 2.45) is 4.99 Å². The summed E-state index contributed by atoms with van der Waals surface area (Å²) >= 11 is 0. The van der Waals surface area contributed by atoms with Crippen molar-refractivity contribution in [2.45, 2.75) is 32.2 Å². The van der Waals surface area contributed by atoms with Gasteiger partial charge in [-0.05, 0) is 67.6 Å². The normalized spacial score (nSPS) is 16.1. The molecule has 1 aromatic carbocycles. The van der Waals surface area contributed by atoms with Gasteiger partial charge in [0.1, 0.15) is 5.71 Å². The number of benzene rings is 1. The van der Waals surface area contributed by atoms with E-state index < -0.39 is 0 Å². The lowest BCUT2D eigenvalue weighted by Crippen LogP contribution is -2.25. The molecule has 8 nitrogen and oxygen atoms in total. The van der Waals surface area contributed by atoms with E-state index in [1.165, 1.54) is 30.8 Å². The Labute approximate surface area is 193 Å². The van der Waals surface area contributed by atoms with Crippen LogP contribution in [-0.4, -0.2) is 51.1 Å². The number of aromatic nitrogens is 3. The van der Waals surface area contributed by atoms with Crippen molar-refractivity contribution in [1.82, 2.24) is 19.9 Å². The first-order valence-corrected chi connectivity index (χ1v) is 11.4. The summed E-state index contributed by atoms with van der Waals surface area (Å²) in [5, 5.41) is 2.85. The van der Waals surface area contributed by atoms with Crippen LogP contribution in [0.3, 0.4) is 0 Å². The topological polar surface area (TPSA) is 109 Å². The average Bonchev–Trinajstić information content (AvgIpc) is 3.24. The van der Waals surface area contributed by atoms with Crippen LogP contribution in [0.25, 0.3) is 11.1 Å². The Morgan fingerprint density at radius 3 is 2.64 bits per heavy atom. The van der Waals surface area contributed by atoms with Crippen LogP contribution in [-0.2, 0) is 17.8 Å². The number of aryl methyl sites for hydroxylation is 1. The fourth-order valence-electron chi connectivity index (χ4n) is 4.46. The van der Waals surface area contributed by atoms with E-state index in [4.69, 9.17) is 5.73 Å². The fourth-order valence-corrected chi connectivity index (χ4v) is 4.46. The third kappa shape index (κ3) is 4.90. The molecule has 1 saturated heterocycles. The van der Waals surface area contributed by atoms with Gasteiger partial charge >= 0.3 is 0 Å². The second kappa shape index (κ2) is 9.46. The Morgan fingerprint density at radius 1 is 1.00 bits per heavy atom. The van der Waals surface area contributed by atoms with Crippen LogP contribution in [0.4, 0.5) is 11.6 Å². The Hall–Kier alpha value is -3.65. The van der Waals surface area contributed by atoms with Crippen molar-refractivity contribution in [1.29, 1.82) is 0 Å². The number of nitrogens with one attached hydrogen (secondary N) is 1. The summed E-state index contributed by atoms with van der Waals surface area (Å²) in [6.45, 7) is 3.83. The van der Waals surface area contributed by atoms with E-state index in [-0.39, 0.29) is 11.9 Å². The predicted molar refractivity (Wildman–Crippen MR) is 129 cm³/mol. The van der Waals surface area contributed by atoms with Gasteiger partial charge in [-0.1, -0.05) is 12.1 Å². The number of nitrogens with zero attached hydrogens (tertiary/aromatic N) is 5. The number of hydrogen-bond donors (Lipinski definition) is 2. The molecule has 0 bridgehead atoms. The first kappa shape index (κ1) is 21.2. The molecule has 33 heavy (non-hydrogen) atoms. The lowest BCUT2D eigenvalue weighted by Gasteiger charge is -2.15. The van der Waals surface area contributed by atoms with Gasteiger partial charge in [-0.25, -0.2) is 9.97 Å². The molecule has 168 valence electrons. The van der Waals surface area contributed by atoms with Crippen molar-refractivity contribution in [3.05, 3.63) is 65.7 Å². The van der Waals surface area contributed by atoms with E-state index in [9.17, 15) is 4.79 Å². The molecule has 0 aliphatic carbocycles. The molecule has 1 fully saturated rings. The number of carbonyl (C=O) groups excluding carboxylic acids is 1. The number of amides is 1. The monoisotopic (exact) mass is 441 g/mol. The Kier molecular flexibility index (Phi) is 6.08. The SMILES string of the molecule is Nc1ncc(NC(=O)C2=NCCCc3ccc(-c4cncc(CN5CCCC5)c4)cc32)cn1. The number of aliphatic imine (C=N–C) groups is 1. The van der Waals surface area contributed by atoms with Crippen LogP contribution < -0.4 is 11.1 Å². The molecule has 5 rings (SSSR count). The highest BCUT2D eigenvalue weighted by Gasteiger charge is 2.21. The molecule has 0 spiro atoms. The van der Waals surface area contributed by atoms with Gasteiger partial charge in [0.15, 0.2) is 0 Å². The molecule has 3 aromatic rings. The predicted octanol–water partition coefficient (Wildman–Crippen LogP) is 3.09. The highest BCUT2D eigenvalue weighted by molar-refractivity contribution is 6.49. The zero-order valence-corrected chi connectivity index (χ0v) is 18.5. The van der Waals surface area contributed by atoms with Crippen LogP contribution >= 0.6 is 0 Å². The minimum absolute atomic E-state index is 0.162. The number of rotatable bonds is 5. The standard InChI is InChI=1S/C25H27N7O/c26-25-29-14-21(15-30-25)31-24(33)23-22-11-19(6-5-18(22)4-3-7-28-23)20-10-17(12-27-13-20)16-32-8-1-2-9-32/h5-6,10-15H,1-4,7-9,16H2,(H,31,33)(H2,26,29,30). The number of carbonyl (C=O) groups is 1. The maximum atomic E-state index is 13.1. The molecule has 0 atom stereocenters. The smallest absolute Gasteiger partial charge is 0.274 e. The van der Waals surface area contributed by atoms with Gasteiger partial charge < -0.3 is 11.1 Å². The van der Waals surface area contributed by atoms with Crippen LogP contribution in [0.5, 0.6) is 0 Å². The molecule has 0 radical (unpaired) electrons. The van der Waals surface area contributed by atoms with Gasteiger partial charge in [0.25, 0.3) is 5.91 Å².